The monoisotopic (exact) mass is 306 g/mol. The summed E-state index contributed by atoms with van der Waals surface area (Å²) in [5.74, 6) is 0.917. The molecular formula is C20H22N2O. The number of nitriles is 1. The molecule has 0 radical (unpaired) electrons. The smallest absolute Gasteiger partial charge is 0.119 e. The molecule has 3 nitrogen and oxygen atoms in total. The summed E-state index contributed by atoms with van der Waals surface area (Å²) in [5.41, 5.74) is 0.834. The summed E-state index contributed by atoms with van der Waals surface area (Å²) in [4.78, 5) is 2.39. The maximum absolute atomic E-state index is 9.71. The third kappa shape index (κ3) is 3.72. The molecule has 23 heavy (non-hydrogen) atoms. The van der Waals surface area contributed by atoms with Gasteiger partial charge >= 0.3 is 0 Å². The van der Waals surface area contributed by atoms with Crippen molar-refractivity contribution in [3.05, 3.63) is 66.2 Å². The molecule has 1 fully saturated rings. The van der Waals surface area contributed by atoms with Crippen molar-refractivity contribution < 1.29 is 4.74 Å². The molecule has 0 N–H and O–H groups in total. The molecule has 118 valence electrons. The molecule has 0 aromatic heterocycles. The Morgan fingerprint density at radius 3 is 2.17 bits per heavy atom. The van der Waals surface area contributed by atoms with Crippen molar-refractivity contribution in [2.45, 2.75) is 18.3 Å². The van der Waals surface area contributed by atoms with Crippen molar-refractivity contribution in [1.29, 1.82) is 5.26 Å². The Hall–Kier alpha value is -2.31. The molecule has 0 bridgehead atoms. The minimum absolute atomic E-state index is 0.321. The quantitative estimate of drug-likeness (QED) is 0.846. The molecule has 1 heterocycles. The average Bonchev–Trinajstić information content (AvgIpc) is 2.64. The van der Waals surface area contributed by atoms with Crippen molar-refractivity contribution in [1.82, 2.24) is 4.90 Å². The number of piperidine rings is 1. The number of nitrogens with zero attached hydrogens (tertiary/aromatic N) is 2. The summed E-state index contributed by atoms with van der Waals surface area (Å²) < 4.78 is 5.77. The highest BCUT2D eigenvalue weighted by Gasteiger charge is 2.36. The predicted molar refractivity (Wildman–Crippen MR) is 91.3 cm³/mol. The lowest BCUT2D eigenvalue weighted by Gasteiger charge is -2.37. The third-order valence-corrected chi connectivity index (χ3v) is 4.67. The van der Waals surface area contributed by atoms with Crippen LogP contribution in [0, 0.1) is 11.3 Å². The van der Waals surface area contributed by atoms with E-state index < -0.39 is 0 Å². The van der Waals surface area contributed by atoms with E-state index in [0.717, 1.165) is 43.8 Å². The van der Waals surface area contributed by atoms with Gasteiger partial charge in [0.2, 0.25) is 0 Å². The Labute approximate surface area is 138 Å². The molecular weight excluding hydrogens is 284 g/mol. The number of likely N-dealkylation sites (tertiary alicyclic amines) is 1. The Bertz CT molecular complexity index is 640. The first-order valence-corrected chi connectivity index (χ1v) is 8.19. The summed E-state index contributed by atoms with van der Waals surface area (Å²) >= 11 is 0. The van der Waals surface area contributed by atoms with Crippen LogP contribution in [-0.4, -0.2) is 31.1 Å². The van der Waals surface area contributed by atoms with Crippen LogP contribution in [0.1, 0.15) is 18.4 Å². The van der Waals surface area contributed by atoms with Gasteiger partial charge in [0.05, 0.1) is 11.5 Å². The molecule has 3 rings (SSSR count). The highest BCUT2D eigenvalue weighted by molar-refractivity contribution is 5.33. The van der Waals surface area contributed by atoms with Crippen molar-refractivity contribution in [2.75, 3.05) is 26.2 Å². The Morgan fingerprint density at radius 1 is 0.957 bits per heavy atom. The topological polar surface area (TPSA) is 36.3 Å². The summed E-state index contributed by atoms with van der Waals surface area (Å²) in [6, 6.07) is 22.7. The van der Waals surface area contributed by atoms with Crippen molar-refractivity contribution in [3.8, 4) is 11.8 Å². The first kappa shape index (κ1) is 15.6. The number of hydrogen-bond donors (Lipinski definition) is 0. The summed E-state index contributed by atoms with van der Waals surface area (Å²) in [6.45, 7) is 3.49. The van der Waals surface area contributed by atoms with Gasteiger partial charge < -0.3 is 4.74 Å². The summed E-state index contributed by atoms with van der Waals surface area (Å²) in [6.07, 6.45) is 1.78. The maximum Gasteiger partial charge on any atom is 0.119 e. The normalized spacial score (nSPS) is 17.3. The minimum atomic E-state index is -0.321. The highest BCUT2D eigenvalue weighted by Crippen LogP contribution is 2.34. The van der Waals surface area contributed by atoms with Gasteiger partial charge in [0.1, 0.15) is 12.4 Å². The predicted octanol–water partition coefficient (Wildman–Crippen LogP) is 3.62. The van der Waals surface area contributed by atoms with Crippen molar-refractivity contribution in [2.24, 2.45) is 0 Å². The van der Waals surface area contributed by atoms with Gasteiger partial charge in [-0.05, 0) is 30.5 Å². The Balaban J connectivity index is 1.51. The number of para-hydroxylation sites is 1. The zero-order chi connectivity index (χ0) is 16.0. The largest absolute Gasteiger partial charge is 0.492 e. The lowest BCUT2D eigenvalue weighted by Crippen LogP contribution is -2.43. The fraction of sp³-hybridized carbons (Fsp3) is 0.350. The first-order valence-electron chi connectivity index (χ1n) is 8.19. The van der Waals surface area contributed by atoms with E-state index in [0.29, 0.717) is 6.61 Å². The second-order valence-electron chi connectivity index (χ2n) is 6.06. The van der Waals surface area contributed by atoms with Gasteiger partial charge in [-0.1, -0.05) is 48.5 Å². The molecule has 1 aliphatic rings. The van der Waals surface area contributed by atoms with E-state index in [1.165, 1.54) is 0 Å². The SMILES string of the molecule is N#CC1(c2ccccc2)CCN(CCOc2ccccc2)CC1. The maximum atomic E-state index is 9.71. The first-order chi connectivity index (χ1) is 11.3. The van der Waals surface area contributed by atoms with E-state index in [2.05, 4.69) is 23.1 Å². The van der Waals surface area contributed by atoms with Crippen LogP contribution in [0.15, 0.2) is 60.7 Å². The van der Waals surface area contributed by atoms with Crippen LogP contribution >= 0.6 is 0 Å². The van der Waals surface area contributed by atoms with Crippen LogP contribution in [0.3, 0.4) is 0 Å². The van der Waals surface area contributed by atoms with Crippen molar-refractivity contribution >= 4 is 0 Å². The second kappa shape index (κ2) is 7.30. The molecule has 0 aliphatic carbocycles. The molecule has 0 amide bonds. The molecule has 1 aliphatic heterocycles. The Morgan fingerprint density at radius 2 is 1.57 bits per heavy atom. The van der Waals surface area contributed by atoms with Gasteiger partial charge in [-0.15, -0.1) is 0 Å². The number of rotatable bonds is 5. The van der Waals surface area contributed by atoms with Gasteiger partial charge in [-0.25, -0.2) is 0 Å². The standard InChI is InChI=1S/C20H22N2O/c21-17-20(18-7-3-1-4-8-18)11-13-22(14-12-20)15-16-23-19-9-5-2-6-10-19/h1-10H,11-16H2. The molecule has 3 heteroatoms. The van der Waals surface area contributed by atoms with Crippen LogP contribution in [-0.2, 0) is 5.41 Å². The van der Waals surface area contributed by atoms with Crippen LogP contribution in [0.4, 0.5) is 0 Å². The summed E-state index contributed by atoms with van der Waals surface area (Å²) in [7, 11) is 0. The van der Waals surface area contributed by atoms with Gasteiger partial charge in [-0.2, -0.15) is 5.26 Å². The van der Waals surface area contributed by atoms with E-state index in [-0.39, 0.29) is 5.41 Å². The fourth-order valence-corrected chi connectivity index (χ4v) is 3.19. The lowest BCUT2D eigenvalue weighted by atomic mass is 9.74. The van der Waals surface area contributed by atoms with E-state index in [9.17, 15) is 5.26 Å². The highest BCUT2D eigenvalue weighted by atomic mass is 16.5. The average molecular weight is 306 g/mol. The zero-order valence-electron chi connectivity index (χ0n) is 13.3. The zero-order valence-corrected chi connectivity index (χ0v) is 13.3. The van der Waals surface area contributed by atoms with Gasteiger partial charge in [0.25, 0.3) is 0 Å². The molecule has 0 atom stereocenters. The number of benzene rings is 2. The number of ether oxygens (including phenoxy) is 1. The van der Waals surface area contributed by atoms with Crippen LogP contribution < -0.4 is 4.74 Å². The van der Waals surface area contributed by atoms with E-state index in [1.54, 1.807) is 0 Å². The van der Waals surface area contributed by atoms with Crippen LogP contribution in [0.5, 0.6) is 5.75 Å². The number of hydrogen-bond acceptors (Lipinski definition) is 3. The molecule has 0 saturated carbocycles. The van der Waals surface area contributed by atoms with E-state index in [4.69, 9.17) is 4.74 Å². The van der Waals surface area contributed by atoms with E-state index in [1.807, 2.05) is 48.5 Å². The fourth-order valence-electron chi connectivity index (χ4n) is 3.19. The Kier molecular flexibility index (Phi) is 4.95. The molecule has 1 saturated heterocycles. The van der Waals surface area contributed by atoms with Gasteiger partial charge in [0, 0.05) is 19.6 Å². The van der Waals surface area contributed by atoms with Crippen LogP contribution in [0.25, 0.3) is 0 Å². The van der Waals surface area contributed by atoms with Crippen LogP contribution in [0.2, 0.25) is 0 Å². The second-order valence-corrected chi connectivity index (χ2v) is 6.06. The molecule has 2 aromatic rings. The summed E-state index contributed by atoms with van der Waals surface area (Å²) in [5, 5.41) is 9.71. The van der Waals surface area contributed by atoms with Gasteiger partial charge in [-0.3, -0.25) is 4.90 Å². The lowest BCUT2D eigenvalue weighted by molar-refractivity contribution is 0.156. The molecule has 0 unspecified atom stereocenters. The van der Waals surface area contributed by atoms with Gasteiger partial charge in [0.15, 0.2) is 0 Å². The molecule has 0 spiro atoms. The van der Waals surface area contributed by atoms with Crippen molar-refractivity contribution in [3.63, 3.8) is 0 Å². The minimum Gasteiger partial charge on any atom is -0.492 e. The third-order valence-electron chi connectivity index (χ3n) is 4.67. The van der Waals surface area contributed by atoms with E-state index >= 15 is 0 Å². The molecule has 2 aromatic carbocycles.